The molecule has 0 saturated carbocycles. The predicted molar refractivity (Wildman–Crippen MR) is 172 cm³/mol. The summed E-state index contributed by atoms with van der Waals surface area (Å²) in [6.07, 6.45) is 2.42. The predicted octanol–water partition coefficient (Wildman–Crippen LogP) is 5.50. The Morgan fingerprint density at radius 2 is 1.39 bits per heavy atom. The van der Waals surface area contributed by atoms with Crippen molar-refractivity contribution in [2.24, 2.45) is 5.92 Å². The zero-order chi connectivity index (χ0) is 30.6. The van der Waals surface area contributed by atoms with Crippen LogP contribution in [-0.2, 0) is 22.4 Å². The van der Waals surface area contributed by atoms with Crippen molar-refractivity contribution in [3.8, 4) is 0 Å². The van der Waals surface area contributed by atoms with Crippen molar-refractivity contribution in [1.29, 1.82) is 0 Å². The molecule has 1 saturated heterocycles. The maximum Gasteiger partial charge on any atom is 0.249 e. The third-order valence-corrected chi connectivity index (χ3v) is 8.92. The van der Waals surface area contributed by atoms with Gasteiger partial charge in [0, 0.05) is 32.9 Å². The van der Waals surface area contributed by atoms with Crippen LogP contribution in [-0.4, -0.2) is 65.0 Å². The van der Waals surface area contributed by atoms with Crippen molar-refractivity contribution in [2.45, 2.75) is 44.7 Å². The highest BCUT2D eigenvalue weighted by Gasteiger charge is 2.37. The lowest BCUT2D eigenvalue weighted by Gasteiger charge is -2.36. The number of carbonyl (C=O) groups is 2. The number of carbonyl (C=O) groups excluding carboxylic acids is 2. The number of benzene rings is 4. The minimum atomic E-state index is -0.702. The third-order valence-electron chi connectivity index (χ3n) is 8.92. The molecule has 2 atom stereocenters. The summed E-state index contributed by atoms with van der Waals surface area (Å²) in [4.78, 5) is 36.3. The van der Waals surface area contributed by atoms with Crippen LogP contribution < -0.4 is 5.32 Å². The molecule has 1 fully saturated rings. The molecule has 8 nitrogen and oxygen atoms in total. The summed E-state index contributed by atoms with van der Waals surface area (Å²) < 4.78 is 5.66. The second kappa shape index (κ2) is 13.0. The van der Waals surface area contributed by atoms with Gasteiger partial charge in [0.05, 0.1) is 0 Å². The second-order valence-corrected chi connectivity index (χ2v) is 11.9. The largest absolute Gasteiger partial charge is 0.337 e. The van der Waals surface area contributed by atoms with Gasteiger partial charge in [-0.2, -0.15) is 4.98 Å². The summed E-state index contributed by atoms with van der Waals surface area (Å²) >= 11 is 0. The standard InChI is InChI=1S/C36H39N5O3/c1-24-38-34(44-39-24)32(22-25-12-14-27-8-4-6-10-30(27)20-25)40(2)36(43)33(41(3)35(42)29-16-18-37-19-17-29)23-26-13-15-28-9-5-7-11-31(28)21-26/h4-15,20-21,29,32-33,37H,16-19,22-23H2,1-3H3. The van der Waals surface area contributed by atoms with Gasteiger partial charge in [0.1, 0.15) is 12.1 Å². The molecule has 8 heteroatoms. The molecular formula is C36H39N5O3. The Morgan fingerprint density at radius 3 is 1.95 bits per heavy atom. The number of rotatable bonds is 9. The molecule has 0 aliphatic carbocycles. The van der Waals surface area contributed by atoms with Crippen LogP contribution in [0, 0.1) is 12.8 Å². The fourth-order valence-corrected chi connectivity index (χ4v) is 6.31. The van der Waals surface area contributed by atoms with Gasteiger partial charge >= 0.3 is 0 Å². The molecule has 5 aromatic rings. The van der Waals surface area contributed by atoms with Crippen LogP contribution in [0.4, 0.5) is 0 Å². The first-order chi connectivity index (χ1) is 21.4. The average Bonchev–Trinajstić information content (AvgIpc) is 3.50. The molecule has 1 aromatic heterocycles. The van der Waals surface area contributed by atoms with Gasteiger partial charge in [0.15, 0.2) is 5.82 Å². The normalized spacial score (nSPS) is 15.2. The van der Waals surface area contributed by atoms with Crippen LogP contribution in [0.2, 0.25) is 0 Å². The number of hydrogen-bond acceptors (Lipinski definition) is 6. The molecule has 2 heterocycles. The molecule has 44 heavy (non-hydrogen) atoms. The molecule has 226 valence electrons. The number of nitrogens with zero attached hydrogens (tertiary/aromatic N) is 4. The molecule has 1 N–H and O–H groups in total. The average molecular weight is 590 g/mol. The van der Waals surface area contributed by atoms with Crippen LogP contribution in [0.15, 0.2) is 89.5 Å². The molecule has 2 amide bonds. The van der Waals surface area contributed by atoms with Crippen LogP contribution >= 0.6 is 0 Å². The smallest absolute Gasteiger partial charge is 0.249 e. The summed E-state index contributed by atoms with van der Waals surface area (Å²) in [6, 6.07) is 27.7. The molecule has 4 aromatic carbocycles. The van der Waals surface area contributed by atoms with Crippen LogP contribution in [0.3, 0.4) is 0 Å². The van der Waals surface area contributed by atoms with Gasteiger partial charge in [-0.15, -0.1) is 0 Å². The molecule has 0 radical (unpaired) electrons. The van der Waals surface area contributed by atoms with Gasteiger partial charge < -0.3 is 19.6 Å². The number of aryl methyl sites for hydroxylation is 1. The van der Waals surface area contributed by atoms with Crippen molar-refractivity contribution < 1.29 is 14.1 Å². The number of amides is 2. The Hall–Kier alpha value is -4.56. The highest BCUT2D eigenvalue weighted by atomic mass is 16.5. The summed E-state index contributed by atoms with van der Waals surface area (Å²) in [7, 11) is 3.56. The first-order valence-electron chi connectivity index (χ1n) is 15.4. The SMILES string of the molecule is Cc1noc(C(Cc2ccc3ccccc3c2)N(C)C(=O)C(Cc2ccc3ccccc3c2)N(C)C(=O)C2CCNCC2)n1. The molecular weight excluding hydrogens is 550 g/mol. The maximum absolute atomic E-state index is 14.6. The van der Waals surface area contributed by atoms with Crippen molar-refractivity contribution in [3.05, 3.63) is 108 Å². The van der Waals surface area contributed by atoms with E-state index in [9.17, 15) is 9.59 Å². The van der Waals surface area contributed by atoms with Crippen molar-refractivity contribution in [2.75, 3.05) is 27.2 Å². The first-order valence-corrected chi connectivity index (χ1v) is 15.4. The van der Waals surface area contributed by atoms with E-state index in [1.807, 2.05) is 24.3 Å². The van der Waals surface area contributed by atoms with E-state index in [0.717, 1.165) is 58.6 Å². The van der Waals surface area contributed by atoms with E-state index in [0.29, 0.717) is 24.6 Å². The fourth-order valence-electron chi connectivity index (χ4n) is 6.31. The topological polar surface area (TPSA) is 91.6 Å². The summed E-state index contributed by atoms with van der Waals surface area (Å²) in [5.41, 5.74) is 2.05. The van der Waals surface area contributed by atoms with Crippen molar-refractivity contribution >= 4 is 33.4 Å². The fraction of sp³-hybridized carbons (Fsp3) is 0.333. The number of aromatic nitrogens is 2. The van der Waals surface area contributed by atoms with E-state index in [-0.39, 0.29) is 17.7 Å². The van der Waals surface area contributed by atoms with Crippen molar-refractivity contribution in [1.82, 2.24) is 25.3 Å². The number of fused-ring (bicyclic) bond motifs is 2. The van der Waals surface area contributed by atoms with E-state index < -0.39 is 12.1 Å². The number of nitrogens with one attached hydrogen (secondary N) is 1. The van der Waals surface area contributed by atoms with Gasteiger partial charge in [-0.1, -0.05) is 90.1 Å². The van der Waals surface area contributed by atoms with Gasteiger partial charge in [-0.25, -0.2) is 0 Å². The molecule has 1 aliphatic heterocycles. The Morgan fingerprint density at radius 1 is 0.818 bits per heavy atom. The van der Waals surface area contributed by atoms with Crippen LogP contribution in [0.25, 0.3) is 21.5 Å². The summed E-state index contributed by atoms with van der Waals surface area (Å²) in [5, 5.41) is 11.9. The lowest BCUT2D eigenvalue weighted by molar-refractivity contribution is -0.148. The lowest BCUT2D eigenvalue weighted by Crippen LogP contribution is -2.52. The second-order valence-electron chi connectivity index (χ2n) is 11.9. The zero-order valence-electron chi connectivity index (χ0n) is 25.6. The van der Waals surface area contributed by atoms with E-state index >= 15 is 0 Å². The van der Waals surface area contributed by atoms with Crippen LogP contribution in [0.1, 0.15) is 41.7 Å². The van der Waals surface area contributed by atoms with Gasteiger partial charge in [-0.3, -0.25) is 9.59 Å². The summed E-state index contributed by atoms with van der Waals surface area (Å²) in [6.45, 7) is 3.38. The minimum Gasteiger partial charge on any atom is -0.337 e. The van der Waals surface area contributed by atoms with Crippen molar-refractivity contribution in [3.63, 3.8) is 0 Å². The molecule has 0 bridgehead atoms. The van der Waals surface area contributed by atoms with Gasteiger partial charge in [-0.05, 0) is 65.5 Å². The Bertz CT molecular complexity index is 1780. The first kappa shape index (κ1) is 29.5. The van der Waals surface area contributed by atoms with E-state index in [1.54, 1.807) is 30.8 Å². The maximum atomic E-state index is 14.6. The monoisotopic (exact) mass is 589 g/mol. The Kier molecular flexibility index (Phi) is 8.70. The quantitative estimate of drug-likeness (QED) is 0.244. The van der Waals surface area contributed by atoms with E-state index in [1.165, 1.54) is 0 Å². The molecule has 0 spiro atoms. The number of piperidine rings is 1. The Balaban J connectivity index is 1.33. The molecule has 6 rings (SSSR count). The lowest BCUT2D eigenvalue weighted by atomic mass is 9.94. The zero-order valence-corrected chi connectivity index (χ0v) is 25.6. The van der Waals surface area contributed by atoms with Crippen LogP contribution in [0.5, 0.6) is 0 Å². The Labute approximate surface area is 258 Å². The molecule has 1 aliphatic rings. The van der Waals surface area contributed by atoms with E-state index in [4.69, 9.17) is 4.52 Å². The van der Waals surface area contributed by atoms with E-state index in [2.05, 4.69) is 76.1 Å². The molecule has 2 unspecified atom stereocenters. The highest BCUT2D eigenvalue weighted by molar-refractivity contribution is 5.89. The highest BCUT2D eigenvalue weighted by Crippen LogP contribution is 2.28. The van der Waals surface area contributed by atoms with Gasteiger partial charge in [0.2, 0.25) is 17.7 Å². The third kappa shape index (κ3) is 6.36. The number of hydrogen-bond donors (Lipinski definition) is 1. The van der Waals surface area contributed by atoms with Gasteiger partial charge in [0.25, 0.3) is 0 Å². The number of likely N-dealkylation sites (N-methyl/N-ethyl adjacent to an activating group) is 2. The summed E-state index contributed by atoms with van der Waals surface area (Å²) in [5.74, 6) is 0.632. The minimum absolute atomic E-state index is 0.0127.